The number of carbonyl (C=O) groups is 1. The summed E-state index contributed by atoms with van der Waals surface area (Å²) in [5.74, 6) is 0.397. The summed E-state index contributed by atoms with van der Waals surface area (Å²) in [4.78, 5) is 12.5. The van der Waals surface area contributed by atoms with Crippen molar-refractivity contribution >= 4 is 45.0 Å². The predicted octanol–water partition coefficient (Wildman–Crippen LogP) is 3.68. The third-order valence-corrected chi connectivity index (χ3v) is 6.40. The number of hydrogen-bond acceptors (Lipinski definition) is 4. The van der Waals surface area contributed by atoms with Gasteiger partial charge in [-0.05, 0) is 36.8 Å². The van der Waals surface area contributed by atoms with Crippen LogP contribution in [0.2, 0.25) is 5.02 Å². The average molecular weight is 445 g/mol. The monoisotopic (exact) mass is 444 g/mol. The first kappa shape index (κ1) is 22.5. The largest absolute Gasteiger partial charge is 0.353 e. The van der Waals surface area contributed by atoms with Crippen LogP contribution in [0.4, 0.5) is 10.1 Å². The summed E-state index contributed by atoms with van der Waals surface area (Å²) in [6.45, 7) is 1.86. The summed E-state index contributed by atoms with van der Waals surface area (Å²) in [6.07, 6.45) is 1.04. The quantitative estimate of drug-likeness (QED) is 0.599. The molecule has 0 unspecified atom stereocenters. The highest BCUT2D eigenvalue weighted by Crippen LogP contribution is 2.24. The molecule has 0 saturated carbocycles. The highest BCUT2D eigenvalue weighted by Gasteiger charge is 2.29. The minimum absolute atomic E-state index is 0.252. The second-order valence-electron chi connectivity index (χ2n) is 6.15. The average Bonchev–Trinajstić information content (AvgIpc) is 2.61. The van der Waals surface area contributed by atoms with Gasteiger partial charge in [-0.1, -0.05) is 35.9 Å². The maximum absolute atomic E-state index is 13.6. The maximum Gasteiger partial charge on any atom is 0.243 e. The molecule has 0 spiro atoms. The lowest BCUT2D eigenvalue weighted by Gasteiger charge is -2.28. The summed E-state index contributed by atoms with van der Waals surface area (Å²) in [5.41, 5.74) is 0.933. The molecule has 0 aromatic heterocycles. The lowest BCUT2D eigenvalue weighted by atomic mass is 10.2. The van der Waals surface area contributed by atoms with E-state index in [4.69, 9.17) is 11.6 Å². The van der Waals surface area contributed by atoms with Crippen LogP contribution in [0, 0.1) is 5.82 Å². The van der Waals surface area contributed by atoms with Crippen molar-refractivity contribution in [3.63, 3.8) is 0 Å². The van der Waals surface area contributed by atoms with E-state index in [1.54, 1.807) is 36.4 Å². The Balaban J connectivity index is 1.91. The molecule has 1 amide bonds. The first-order valence-corrected chi connectivity index (χ1v) is 11.9. The molecule has 2 rings (SSSR count). The van der Waals surface area contributed by atoms with Crippen LogP contribution in [-0.4, -0.2) is 38.9 Å². The molecular formula is C19H22ClFN2O3S2. The lowest BCUT2D eigenvalue weighted by Crippen LogP contribution is -2.48. The molecule has 0 bridgehead atoms. The molecule has 28 heavy (non-hydrogen) atoms. The molecule has 0 fully saturated rings. The maximum atomic E-state index is 13.6. The number of sulfonamides is 1. The fourth-order valence-electron chi connectivity index (χ4n) is 2.61. The molecule has 0 aliphatic rings. The van der Waals surface area contributed by atoms with E-state index in [0.717, 1.165) is 10.6 Å². The molecule has 1 N–H and O–H groups in total. The Morgan fingerprint density at radius 1 is 1.25 bits per heavy atom. The zero-order valence-corrected chi connectivity index (χ0v) is 18.0. The van der Waals surface area contributed by atoms with Crippen LogP contribution in [0.1, 0.15) is 12.5 Å². The fraction of sp³-hybridized carbons (Fsp3) is 0.316. The Hall–Kier alpha value is -1.77. The van der Waals surface area contributed by atoms with Gasteiger partial charge < -0.3 is 5.32 Å². The SMILES string of the molecule is C[C@@H](C(=O)NCCSCc1ccccc1F)N(c1cccc(Cl)c1)S(C)(=O)=O. The number of hydrogen-bond donors (Lipinski definition) is 1. The molecule has 0 heterocycles. The fourth-order valence-corrected chi connectivity index (χ4v) is 4.81. The Bertz CT molecular complexity index is 925. The van der Waals surface area contributed by atoms with E-state index in [9.17, 15) is 17.6 Å². The Labute approximate surface area is 174 Å². The molecule has 0 aliphatic heterocycles. The predicted molar refractivity (Wildman–Crippen MR) is 114 cm³/mol. The number of carbonyl (C=O) groups excluding carboxylic acids is 1. The van der Waals surface area contributed by atoms with Gasteiger partial charge in [-0.3, -0.25) is 9.10 Å². The number of thioether (sulfide) groups is 1. The molecule has 152 valence electrons. The highest BCUT2D eigenvalue weighted by atomic mass is 35.5. The van der Waals surface area contributed by atoms with E-state index in [1.807, 2.05) is 0 Å². The van der Waals surface area contributed by atoms with Crippen molar-refractivity contribution < 1.29 is 17.6 Å². The van der Waals surface area contributed by atoms with Crippen LogP contribution >= 0.6 is 23.4 Å². The number of benzene rings is 2. The van der Waals surface area contributed by atoms with Crippen LogP contribution < -0.4 is 9.62 Å². The first-order valence-electron chi connectivity index (χ1n) is 8.54. The smallest absolute Gasteiger partial charge is 0.243 e. The van der Waals surface area contributed by atoms with Gasteiger partial charge in [0.2, 0.25) is 15.9 Å². The molecule has 9 heteroatoms. The van der Waals surface area contributed by atoms with E-state index in [-0.39, 0.29) is 5.82 Å². The van der Waals surface area contributed by atoms with Crippen LogP contribution in [-0.2, 0) is 20.6 Å². The van der Waals surface area contributed by atoms with Gasteiger partial charge in [-0.25, -0.2) is 12.8 Å². The number of nitrogens with zero attached hydrogens (tertiary/aromatic N) is 1. The third-order valence-electron chi connectivity index (χ3n) is 3.91. The lowest BCUT2D eigenvalue weighted by molar-refractivity contribution is -0.121. The minimum atomic E-state index is -3.69. The molecule has 0 radical (unpaired) electrons. The second-order valence-corrected chi connectivity index (χ2v) is 9.55. The van der Waals surface area contributed by atoms with Gasteiger partial charge >= 0.3 is 0 Å². The van der Waals surface area contributed by atoms with E-state index in [2.05, 4.69) is 5.32 Å². The standard InChI is InChI=1S/C19H22ClFN2O3S2/c1-14(23(28(2,25)26)17-8-5-7-16(20)12-17)19(24)22-10-11-27-13-15-6-3-4-9-18(15)21/h3-9,12,14H,10-11,13H2,1-2H3,(H,22,24)/t14-/m0/s1. The van der Waals surface area contributed by atoms with Gasteiger partial charge in [0.15, 0.2) is 0 Å². The van der Waals surface area contributed by atoms with Gasteiger partial charge in [0.25, 0.3) is 0 Å². The van der Waals surface area contributed by atoms with E-state index < -0.39 is 22.0 Å². The van der Waals surface area contributed by atoms with Crippen molar-refractivity contribution in [2.24, 2.45) is 0 Å². The molecule has 2 aromatic carbocycles. The van der Waals surface area contributed by atoms with Gasteiger partial charge in [0, 0.05) is 23.1 Å². The molecular weight excluding hydrogens is 423 g/mol. The van der Waals surface area contributed by atoms with Crippen LogP contribution in [0.5, 0.6) is 0 Å². The summed E-state index contributed by atoms with van der Waals surface area (Å²) in [6, 6.07) is 11.9. The van der Waals surface area contributed by atoms with E-state index in [1.165, 1.54) is 30.8 Å². The Kier molecular flexibility index (Phi) is 8.15. The van der Waals surface area contributed by atoms with Crippen LogP contribution in [0.3, 0.4) is 0 Å². The molecule has 2 aromatic rings. The Morgan fingerprint density at radius 3 is 2.61 bits per heavy atom. The zero-order chi connectivity index (χ0) is 20.7. The van der Waals surface area contributed by atoms with Crippen molar-refractivity contribution in [3.8, 4) is 0 Å². The summed E-state index contributed by atoms with van der Waals surface area (Å²) < 4.78 is 39.0. The molecule has 1 atom stereocenters. The van der Waals surface area contributed by atoms with Crippen molar-refractivity contribution in [2.45, 2.75) is 18.7 Å². The van der Waals surface area contributed by atoms with E-state index >= 15 is 0 Å². The van der Waals surface area contributed by atoms with Crippen molar-refractivity contribution in [1.82, 2.24) is 5.32 Å². The Morgan fingerprint density at radius 2 is 1.96 bits per heavy atom. The summed E-state index contributed by atoms with van der Waals surface area (Å²) >= 11 is 7.43. The van der Waals surface area contributed by atoms with Gasteiger partial charge in [0.1, 0.15) is 11.9 Å². The second kappa shape index (κ2) is 10.1. The highest BCUT2D eigenvalue weighted by molar-refractivity contribution is 7.98. The van der Waals surface area contributed by atoms with Crippen molar-refractivity contribution in [2.75, 3.05) is 22.9 Å². The van der Waals surface area contributed by atoms with Gasteiger partial charge in [-0.2, -0.15) is 11.8 Å². The topological polar surface area (TPSA) is 66.5 Å². The van der Waals surface area contributed by atoms with Gasteiger partial charge in [-0.15, -0.1) is 0 Å². The van der Waals surface area contributed by atoms with Crippen LogP contribution in [0.25, 0.3) is 0 Å². The molecule has 0 aliphatic carbocycles. The number of halogens is 2. The minimum Gasteiger partial charge on any atom is -0.353 e. The number of nitrogens with one attached hydrogen (secondary N) is 1. The summed E-state index contributed by atoms with van der Waals surface area (Å²) in [7, 11) is -3.69. The molecule has 5 nitrogen and oxygen atoms in total. The molecule has 0 saturated heterocycles. The number of rotatable bonds is 9. The van der Waals surface area contributed by atoms with Gasteiger partial charge in [0.05, 0.1) is 11.9 Å². The number of anilines is 1. The third kappa shape index (κ3) is 6.39. The zero-order valence-electron chi connectivity index (χ0n) is 15.6. The number of amides is 1. The van der Waals surface area contributed by atoms with E-state index in [0.29, 0.717) is 34.3 Å². The summed E-state index contributed by atoms with van der Waals surface area (Å²) in [5, 5.41) is 3.11. The van der Waals surface area contributed by atoms with Crippen molar-refractivity contribution in [3.05, 3.63) is 64.9 Å². The normalized spacial score (nSPS) is 12.4. The van der Waals surface area contributed by atoms with Crippen molar-refractivity contribution in [1.29, 1.82) is 0 Å². The van der Waals surface area contributed by atoms with Crippen LogP contribution in [0.15, 0.2) is 48.5 Å². The first-order chi connectivity index (χ1) is 13.2.